The van der Waals surface area contributed by atoms with Crippen molar-refractivity contribution in [2.24, 2.45) is 5.73 Å². The highest BCUT2D eigenvalue weighted by Crippen LogP contribution is 2.23. The van der Waals surface area contributed by atoms with Crippen LogP contribution in [0.2, 0.25) is 0 Å². The average Bonchev–Trinajstić information content (AvgIpc) is 2.99. The van der Waals surface area contributed by atoms with Gasteiger partial charge < -0.3 is 15.2 Å². The molecule has 0 bridgehead atoms. The fourth-order valence-corrected chi connectivity index (χ4v) is 2.94. The van der Waals surface area contributed by atoms with E-state index in [0.717, 1.165) is 12.1 Å². The van der Waals surface area contributed by atoms with Gasteiger partial charge in [-0.3, -0.25) is 4.79 Å². The minimum absolute atomic E-state index is 0.0665. The third kappa shape index (κ3) is 3.69. The number of rotatable bonds is 6. The number of aryl methyl sites for hydroxylation is 2. The van der Waals surface area contributed by atoms with Crippen LogP contribution in [-0.2, 0) is 6.42 Å². The zero-order valence-corrected chi connectivity index (χ0v) is 14.5. The first kappa shape index (κ1) is 17.1. The molecular formula is C19H22N4O2. The van der Waals surface area contributed by atoms with Gasteiger partial charge in [0.1, 0.15) is 0 Å². The summed E-state index contributed by atoms with van der Waals surface area (Å²) in [7, 11) is 0. The number of hydrogen-bond acceptors (Lipinski definition) is 5. The van der Waals surface area contributed by atoms with E-state index in [9.17, 15) is 4.79 Å². The van der Waals surface area contributed by atoms with Crippen LogP contribution in [0.1, 0.15) is 27.3 Å². The Morgan fingerprint density at radius 2 is 1.96 bits per heavy atom. The Morgan fingerprint density at radius 3 is 2.68 bits per heavy atom. The van der Waals surface area contributed by atoms with Crippen molar-refractivity contribution in [1.29, 1.82) is 0 Å². The second kappa shape index (κ2) is 7.44. The van der Waals surface area contributed by atoms with Gasteiger partial charge in [0.2, 0.25) is 0 Å². The maximum Gasteiger partial charge on any atom is 0.258 e. The largest absolute Gasteiger partial charge is 0.337 e. The van der Waals surface area contributed by atoms with Crippen LogP contribution in [0.15, 0.2) is 40.9 Å². The molecule has 0 saturated carbocycles. The Bertz CT molecular complexity index is 874. The lowest BCUT2D eigenvalue weighted by molar-refractivity contribution is 0.0764. The van der Waals surface area contributed by atoms with E-state index < -0.39 is 0 Å². The van der Waals surface area contributed by atoms with Crippen LogP contribution >= 0.6 is 0 Å². The summed E-state index contributed by atoms with van der Waals surface area (Å²) in [5.74, 6) is -0.0665. The highest BCUT2D eigenvalue weighted by Gasteiger charge is 2.22. The van der Waals surface area contributed by atoms with E-state index in [-0.39, 0.29) is 5.91 Å². The average molecular weight is 338 g/mol. The molecule has 25 heavy (non-hydrogen) atoms. The number of nitrogens with zero attached hydrogens (tertiary/aromatic N) is 3. The first-order chi connectivity index (χ1) is 12.1. The topological polar surface area (TPSA) is 85.2 Å². The highest BCUT2D eigenvalue weighted by molar-refractivity contribution is 6.06. The fourth-order valence-electron chi connectivity index (χ4n) is 2.94. The minimum Gasteiger partial charge on any atom is -0.337 e. The van der Waals surface area contributed by atoms with Crippen molar-refractivity contribution in [3.8, 4) is 0 Å². The SMILES string of the molecule is Cc1cc(C(=O)N(CCN)CCc2ccccc2)c2c(C)noc2n1. The number of carbonyl (C=O) groups excluding carboxylic acids is 1. The molecule has 1 amide bonds. The molecule has 0 radical (unpaired) electrons. The molecule has 0 atom stereocenters. The molecule has 0 aliphatic carbocycles. The van der Waals surface area contributed by atoms with E-state index in [4.69, 9.17) is 10.3 Å². The third-order valence-corrected chi connectivity index (χ3v) is 4.18. The summed E-state index contributed by atoms with van der Waals surface area (Å²) >= 11 is 0. The van der Waals surface area contributed by atoms with Crippen molar-refractivity contribution in [2.45, 2.75) is 20.3 Å². The number of hydrogen-bond donors (Lipinski definition) is 1. The maximum absolute atomic E-state index is 13.1. The summed E-state index contributed by atoms with van der Waals surface area (Å²) < 4.78 is 5.23. The predicted octanol–water partition coefficient (Wildman–Crippen LogP) is 2.48. The normalized spacial score (nSPS) is 11.0. The molecule has 0 aliphatic rings. The zero-order valence-electron chi connectivity index (χ0n) is 14.5. The van der Waals surface area contributed by atoms with Crippen LogP contribution in [-0.4, -0.2) is 40.6 Å². The number of carbonyl (C=O) groups is 1. The summed E-state index contributed by atoms with van der Waals surface area (Å²) in [5, 5.41) is 4.62. The molecule has 3 aromatic rings. The molecule has 1 aromatic carbocycles. The Labute approximate surface area is 146 Å². The van der Waals surface area contributed by atoms with Crippen molar-refractivity contribution < 1.29 is 9.32 Å². The van der Waals surface area contributed by atoms with Crippen LogP contribution in [0.3, 0.4) is 0 Å². The Balaban J connectivity index is 1.89. The molecule has 0 saturated heterocycles. The van der Waals surface area contributed by atoms with E-state index >= 15 is 0 Å². The molecule has 6 heteroatoms. The lowest BCUT2D eigenvalue weighted by Gasteiger charge is -2.22. The molecule has 2 aromatic heterocycles. The van der Waals surface area contributed by atoms with E-state index in [1.54, 1.807) is 11.0 Å². The van der Waals surface area contributed by atoms with Crippen molar-refractivity contribution in [3.05, 3.63) is 58.9 Å². The first-order valence-corrected chi connectivity index (χ1v) is 8.37. The van der Waals surface area contributed by atoms with Crippen LogP contribution in [0, 0.1) is 13.8 Å². The second-order valence-electron chi connectivity index (χ2n) is 6.08. The molecule has 2 N–H and O–H groups in total. The van der Waals surface area contributed by atoms with Gasteiger partial charge in [-0.1, -0.05) is 35.5 Å². The van der Waals surface area contributed by atoms with Gasteiger partial charge in [0, 0.05) is 25.3 Å². The number of aromatic nitrogens is 2. The third-order valence-electron chi connectivity index (χ3n) is 4.18. The maximum atomic E-state index is 13.1. The van der Waals surface area contributed by atoms with Crippen molar-refractivity contribution in [1.82, 2.24) is 15.0 Å². The number of fused-ring (bicyclic) bond motifs is 1. The summed E-state index contributed by atoms with van der Waals surface area (Å²) in [6, 6.07) is 11.9. The second-order valence-corrected chi connectivity index (χ2v) is 6.08. The summed E-state index contributed by atoms with van der Waals surface area (Å²) in [6.45, 7) is 5.17. The van der Waals surface area contributed by atoms with Gasteiger partial charge in [-0.15, -0.1) is 0 Å². The number of benzene rings is 1. The predicted molar refractivity (Wildman–Crippen MR) is 96.4 cm³/mol. The van der Waals surface area contributed by atoms with E-state index in [1.807, 2.05) is 32.0 Å². The van der Waals surface area contributed by atoms with Crippen molar-refractivity contribution >= 4 is 17.0 Å². The van der Waals surface area contributed by atoms with E-state index in [2.05, 4.69) is 22.3 Å². The zero-order chi connectivity index (χ0) is 17.8. The standard InChI is InChI=1S/C19H22N4O2/c1-13-12-16(17-14(2)22-25-18(17)21-13)19(24)23(11-9-20)10-8-15-6-4-3-5-7-15/h3-7,12H,8-11,20H2,1-2H3. The van der Waals surface area contributed by atoms with Crippen LogP contribution in [0.25, 0.3) is 11.1 Å². The van der Waals surface area contributed by atoms with Crippen molar-refractivity contribution in [3.63, 3.8) is 0 Å². The fraction of sp³-hybridized carbons (Fsp3) is 0.316. The molecule has 0 unspecified atom stereocenters. The van der Waals surface area contributed by atoms with Crippen LogP contribution < -0.4 is 5.73 Å². The van der Waals surface area contributed by atoms with Gasteiger partial charge in [-0.25, -0.2) is 4.98 Å². The monoisotopic (exact) mass is 338 g/mol. The Morgan fingerprint density at radius 1 is 1.20 bits per heavy atom. The number of nitrogens with two attached hydrogens (primary N) is 1. The van der Waals surface area contributed by atoms with Gasteiger partial charge >= 0.3 is 0 Å². The summed E-state index contributed by atoms with van der Waals surface area (Å²) in [6.07, 6.45) is 0.780. The first-order valence-electron chi connectivity index (χ1n) is 8.37. The smallest absolute Gasteiger partial charge is 0.258 e. The molecule has 130 valence electrons. The number of amides is 1. The molecule has 0 aliphatic heterocycles. The molecule has 0 spiro atoms. The van der Waals surface area contributed by atoms with Gasteiger partial charge in [0.25, 0.3) is 11.6 Å². The molecule has 2 heterocycles. The van der Waals surface area contributed by atoms with Gasteiger partial charge in [0.15, 0.2) is 0 Å². The molecular weight excluding hydrogens is 316 g/mol. The lowest BCUT2D eigenvalue weighted by atomic mass is 10.1. The Hall–Kier alpha value is -2.73. The molecule has 6 nitrogen and oxygen atoms in total. The quantitative estimate of drug-likeness (QED) is 0.746. The van der Waals surface area contributed by atoms with E-state index in [1.165, 1.54) is 5.56 Å². The molecule has 0 fully saturated rings. The minimum atomic E-state index is -0.0665. The van der Waals surface area contributed by atoms with Gasteiger partial charge in [-0.05, 0) is 31.9 Å². The van der Waals surface area contributed by atoms with Crippen LogP contribution in [0.5, 0.6) is 0 Å². The van der Waals surface area contributed by atoms with Crippen molar-refractivity contribution in [2.75, 3.05) is 19.6 Å². The van der Waals surface area contributed by atoms with Gasteiger partial charge in [0.05, 0.1) is 16.6 Å². The number of pyridine rings is 1. The van der Waals surface area contributed by atoms with Gasteiger partial charge in [-0.2, -0.15) is 0 Å². The summed E-state index contributed by atoms with van der Waals surface area (Å²) in [4.78, 5) is 19.2. The molecule has 3 rings (SSSR count). The summed E-state index contributed by atoms with van der Waals surface area (Å²) in [5.41, 5.74) is 9.28. The van der Waals surface area contributed by atoms with Crippen LogP contribution in [0.4, 0.5) is 0 Å². The highest BCUT2D eigenvalue weighted by atomic mass is 16.5. The lowest BCUT2D eigenvalue weighted by Crippen LogP contribution is -2.37. The van der Waals surface area contributed by atoms with E-state index in [0.29, 0.717) is 42.0 Å². The Kier molecular flexibility index (Phi) is 5.09.